The predicted octanol–water partition coefficient (Wildman–Crippen LogP) is 1.08. The van der Waals surface area contributed by atoms with Crippen LogP contribution in [0.2, 0.25) is 0 Å². The molecule has 1 unspecified atom stereocenters. The van der Waals surface area contributed by atoms with Crippen LogP contribution < -0.4 is 5.73 Å². The zero-order valence-corrected chi connectivity index (χ0v) is 9.50. The van der Waals surface area contributed by atoms with E-state index in [2.05, 4.69) is 0 Å². The fraction of sp³-hybridized carbons (Fsp3) is 0.900. The average Bonchev–Trinajstić information content (AvgIpc) is 2.01. The highest BCUT2D eigenvalue weighted by Crippen LogP contribution is 2.08. The van der Waals surface area contributed by atoms with Crippen LogP contribution in [-0.4, -0.2) is 30.8 Å². The lowest BCUT2D eigenvalue weighted by Gasteiger charge is -2.22. The Hall–Kier alpha value is -0.610. The van der Waals surface area contributed by atoms with Crippen molar-refractivity contribution in [2.24, 2.45) is 5.73 Å². The van der Waals surface area contributed by atoms with Crippen LogP contribution in [0.1, 0.15) is 34.1 Å². The highest BCUT2D eigenvalue weighted by atomic mass is 16.6. The van der Waals surface area contributed by atoms with Crippen molar-refractivity contribution in [2.75, 3.05) is 13.2 Å². The molecule has 0 saturated carbocycles. The van der Waals surface area contributed by atoms with Crippen LogP contribution in [-0.2, 0) is 14.3 Å². The van der Waals surface area contributed by atoms with Gasteiger partial charge in [0.15, 0.2) is 0 Å². The summed E-state index contributed by atoms with van der Waals surface area (Å²) in [5, 5.41) is 0. The van der Waals surface area contributed by atoms with Gasteiger partial charge in [0.1, 0.15) is 11.6 Å². The molecule has 0 aromatic heterocycles. The van der Waals surface area contributed by atoms with Gasteiger partial charge in [0.25, 0.3) is 0 Å². The molecule has 0 saturated heterocycles. The molecule has 4 nitrogen and oxygen atoms in total. The molecule has 0 aliphatic carbocycles. The van der Waals surface area contributed by atoms with Crippen molar-refractivity contribution in [2.45, 2.75) is 45.8 Å². The summed E-state index contributed by atoms with van der Waals surface area (Å²) >= 11 is 0. The second-order valence-electron chi connectivity index (χ2n) is 4.13. The minimum absolute atomic E-state index is 0.364. The molecule has 0 aromatic carbocycles. The highest BCUT2D eigenvalue weighted by Gasteiger charge is 2.21. The van der Waals surface area contributed by atoms with Gasteiger partial charge >= 0.3 is 5.97 Å². The number of hydrogen-bond acceptors (Lipinski definition) is 4. The number of esters is 1. The van der Waals surface area contributed by atoms with Crippen LogP contribution in [0.3, 0.4) is 0 Å². The zero-order chi connectivity index (χ0) is 11.2. The molecule has 0 aromatic rings. The first-order chi connectivity index (χ1) is 6.37. The first kappa shape index (κ1) is 13.4. The van der Waals surface area contributed by atoms with E-state index in [-0.39, 0.29) is 5.97 Å². The fourth-order valence-corrected chi connectivity index (χ4v) is 0.850. The summed E-state index contributed by atoms with van der Waals surface area (Å²) in [5.41, 5.74) is 5.14. The number of hydrogen-bond donors (Lipinski definition) is 1. The Bertz CT molecular complexity index is 175. The van der Waals surface area contributed by atoms with Gasteiger partial charge in [0.05, 0.1) is 0 Å². The third kappa shape index (κ3) is 6.86. The van der Waals surface area contributed by atoms with E-state index in [1.165, 1.54) is 0 Å². The van der Waals surface area contributed by atoms with E-state index in [4.69, 9.17) is 15.2 Å². The molecule has 14 heavy (non-hydrogen) atoms. The van der Waals surface area contributed by atoms with Crippen molar-refractivity contribution in [1.82, 2.24) is 0 Å². The molecule has 0 spiro atoms. The Kier molecular flexibility index (Phi) is 5.72. The van der Waals surface area contributed by atoms with Gasteiger partial charge in [0.2, 0.25) is 0 Å². The molecule has 2 N–H and O–H groups in total. The summed E-state index contributed by atoms with van der Waals surface area (Å²) in [5.74, 6) is -0.364. The van der Waals surface area contributed by atoms with E-state index in [9.17, 15) is 4.79 Å². The van der Waals surface area contributed by atoms with Crippen molar-refractivity contribution in [3.05, 3.63) is 0 Å². The quantitative estimate of drug-likeness (QED) is 0.536. The second-order valence-corrected chi connectivity index (χ2v) is 4.13. The maximum atomic E-state index is 11.4. The van der Waals surface area contributed by atoms with E-state index in [0.717, 1.165) is 0 Å². The van der Waals surface area contributed by atoms with Crippen molar-refractivity contribution in [3.8, 4) is 0 Å². The minimum atomic E-state index is -0.583. The van der Waals surface area contributed by atoms with E-state index >= 15 is 0 Å². The van der Waals surface area contributed by atoms with Crippen molar-refractivity contribution in [3.63, 3.8) is 0 Å². The molecular formula is C10H21NO3. The van der Waals surface area contributed by atoms with Gasteiger partial charge in [-0.15, -0.1) is 0 Å². The number of ether oxygens (including phenoxy) is 2. The van der Waals surface area contributed by atoms with Gasteiger partial charge in [-0.25, -0.2) is 0 Å². The average molecular weight is 203 g/mol. The summed E-state index contributed by atoms with van der Waals surface area (Å²) in [6, 6.07) is -0.583. The topological polar surface area (TPSA) is 61.5 Å². The zero-order valence-electron chi connectivity index (χ0n) is 9.50. The second kappa shape index (κ2) is 5.98. The number of carbonyl (C=O) groups excluding carboxylic acids is 1. The Labute approximate surface area is 85.8 Å². The SMILES string of the molecule is CCOCCC(N)C(=O)OC(C)(C)C. The number of rotatable bonds is 5. The molecule has 0 fully saturated rings. The number of carbonyl (C=O) groups is 1. The Morgan fingerprint density at radius 1 is 1.43 bits per heavy atom. The molecule has 0 aliphatic heterocycles. The van der Waals surface area contributed by atoms with Crippen LogP contribution in [0.4, 0.5) is 0 Å². The molecule has 0 radical (unpaired) electrons. The Balaban J connectivity index is 3.77. The largest absolute Gasteiger partial charge is 0.459 e. The first-order valence-electron chi connectivity index (χ1n) is 4.93. The first-order valence-corrected chi connectivity index (χ1v) is 4.93. The molecule has 4 heteroatoms. The van der Waals surface area contributed by atoms with Crippen molar-refractivity contribution >= 4 is 5.97 Å². The molecular weight excluding hydrogens is 182 g/mol. The molecule has 84 valence electrons. The van der Waals surface area contributed by atoms with E-state index in [1.807, 2.05) is 27.7 Å². The van der Waals surface area contributed by atoms with Crippen molar-refractivity contribution < 1.29 is 14.3 Å². The van der Waals surface area contributed by atoms with Crippen LogP contribution in [0.5, 0.6) is 0 Å². The lowest BCUT2D eigenvalue weighted by atomic mass is 10.2. The van der Waals surface area contributed by atoms with Crippen LogP contribution in [0.15, 0.2) is 0 Å². The van der Waals surface area contributed by atoms with Crippen molar-refractivity contribution in [1.29, 1.82) is 0 Å². The van der Waals surface area contributed by atoms with Crippen LogP contribution >= 0.6 is 0 Å². The number of nitrogens with two attached hydrogens (primary N) is 1. The summed E-state index contributed by atoms with van der Waals surface area (Å²) in [6.45, 7) is 8.50. The summed E-state index contributed by atoms with van der Waals surface area (Å²) in [7, 11) is 0. The summed E-state index contributed by atoms with van der Waals surface area (Å²) < 4.78 is 10.2. The Morgan fingerprint density at radius 2 is 2.00 bits per heavy atom. The fourth-order valence-electron chi connectivity index (χ4n) is 0.850. The van der Waals surface area contributed by atoms with E-state index < -0.39 is 11.6 Å². The van der Waals surface area contributed by atoms with Crippen LogP contribution in [0, 0.1) is 0 Å². The molecule has 0 amide bonds. The molecule has 0 bridgehead atoms. The summed E-state index contributed by atoms with van der Waals surface area (Å²) in [4.78, 5) is 11.4. The smallest absolute Gasteiger partial charge is 0.323 e. The van der Waals surface area contributed by atoms with Gasteiger partial charge in [-0.3, -0.25) is 4.79 Å². The van der Waals surface area contributed by atoms with Gasteiger partial charge < -0.3 is 15.2 Å². The lowest BCUT2D eigenvalue weighted by Crippen LogP contribution is -2.38. The van der Waals surface area contributed by atoms with Gasteiger partial charge in [-0.1, -0.05) is 0 Å². The lowest BCUT2D eigenvalue weighted by molar-refractivity contribution is -0.156. The standard InChI is InChI=1S/C10H21NO3/c1-5-13-7-6-8(11)9(12)14-10(2,3)4/h8H,5-7,11H2,1-4H3. The van der Waals surface area contributed by atoms with Crippen LogP contribution in [0.25, 0.3) is 0 Å². The van der Waals surface area contributed by atoms with E-state index in [1.54, 1.807) is 0 Å². The van der Waals surface area contributed by atoms with Gasteiger partial charge in [0, 0.05) is 13.2 Å². The highest BCUT2D eigenvalue weighted by molar-refractivity contribution is 5.75. The third-order valence-electron chi connectivity index (χ3n) is 1.49. The third-order valence-corrected chi connectivity index (χ3v) is 1.49. The maximum Gasteiger partial charge on any atom is 0.323 e. The summed E-state index contributed by atoms with van der Waals surface area (Å²) in [6.07, 6.45) is 0.503. The molecule has 1 atom stereocenters. The van der Waals surface area contributed by atoms with E-state index in [0.29, 0.717) is 19.6 Å². The van der Waals surface area contributed by atoms with Gasteiger partial charge in [-0.05, 0) is 34.1 Å². The normalized spacial score (nSPS) is 13.8. The minimum Gasteiger partial charge on any atom is -0.459 e. The predicted molar refractivity (Wildman–Crippen MR) is 54.9 cm³/mol. The van der Waals surface area contributed by atoms with Gasteiger partial charge in [-0.2, -0.15) is 0 Å². The monoisotopic (exact) mass is 203 g/mol. The Morgan fingerprint density at radius 3 is 2.43 bits per heavy atom. The molecule has 0 rings (SSSR count). The molecule has 0 aliphatic rings. The maximum absolute atomic E-state index is 11.4. The molecule has 0 heterocycles.